The molecule has 0 aromatic heterocycles. The predicted molar refractivity (Wildman–Crippen MR) is 82.3 cm³/mol. The maximum Gasteiger partial charge on any atom is 0.127 e. The molecule has 0 saturated heterocycles. The Hall–Kier alpha value is -1.67. The van der Waals surface area contributed by atoms with E-state index >= 15 is 0 Å². The van der Waals surface area contributed by atoms with Crippen molar-refractivity contribution in [1.82, 2.24) is 5.32 Å². The van der Waals surface area contributed by atoms with Gasteiger partial charge in [0.1, 0.15) is 5.82 Å². The third-order valence-electron chi connectivity index (χ3n) is 3.63. The van der Waals surface area contributed by atoms with E-state index in [2.05, 4.69) is 43.4 Å². The zero-order valence-corrected chi connectivity index (χ0v) is 12.4. The number of hydrogen-bond acceptors (Lipinski definition) is 1. The van der Waals surface area contributed by atoms with Crippen molar-refractivity contribution in [3.05, 3.63) is 70.5 Å². The van der Waals surface area contributed by atoms with Crippen LogP contribution in [0.5, 0.6) is 0 Å². The smallest absolute Gasteiger partial charge is 0.127 e. The van der Waals surface area contributed by atoms with Crippen molar-refractivity contribution in [3.8, 4) is 0 Å². The molecule has 1 unspecified atom stereocenters. The highest BCUT2D eigenvalue weighted by molar-refractivity contribution is 5.27. The summed E-state index contributed by atoms with van der Waals surface area (Å²) in [4.78, 5) is 0. The molecular formula is C18H22FN. The Kier molecular flexibility index (Phi) is 4.91. The Bertz CT molecular complexity index is 577. The minimum Gasteiger partial charge on any atom is -0.310 e. The van der Waals surface area contributed by atoms with Crippen LogP contribution in [0.25, 0.3) is 0 Å². The van der Waals surface area contributed by atoms with Crippen molar-refractivity contribution in [2.45, 2.75) is 39.8 Å². The second-order valence-electron chi connectivity index (χ2n) is 5.51. The first-order valence-corrected chi connectivity index (χ1v) is 7.09. The van der Waals surface area contributed by atoms with Crippen molar-refractivity contribution in [1.29, 1.82) is 0 Å². The number of hydrogen-bond donors (Lipinski definition) is 1. The molecule has 2 aromatic rings. The molecule has 0 spiro atoms. The Balaban J connectivity index is 1.94. The van der Waals surface area contributed by atoms with E-state index in [4.69, 9.17) is 0 Å². The molecule has 1 nitrogen and oxygen atoms in total. The summed E-state index contributed by atoms with van der Waals surface area (Å²) in [5, 5.41) is 3.40. The highest BCUT2D eigenvalue weighted by Gasteiger charge is 2.07. The summed E-state index contributed by atoms with van der Waals surface area (Å²) in [5.74, 6) is -0.133. The van der Waals surface area contributed by atoms with Gasteiger partial charge in [0.2, 0.25) is 0 Å². The summed E-state index contributed by atoms with van der Waals surface area (Å²) in [6.07, 6.45) is 0.958. The quantitative estimate of drug-likeness (QED) is 0.861. The van der Waals surface area contributed by atoms with Gasteiger partial charge in [0.25, 0.3) is 0 Å². The number of aryl methyl sites for hydroxylation is 2. The summed E-state index contributed by atoms with van der Waals surface area (Å²) in [6, 6.07) is 14.0. The average molecular weight is 271 g/mol. The minimum atomic E-state index is -0.133. The fourth-order valence-electron chi connectivity index (χ4n) is 2.36. The predicted octanol–water partition coefficient (Wildman–Crippen LogP) is 4.16. The van der Waals surface area contributed by atoms with Crippen molar-refractivity contribution in [3.63, 3.8) is 0 Å². The van der Waals surface area contributed by atoms with E-state index < -0.39 is 0 Å². The molecule has 0 bridgehead atoms. The van der Waals surface area contributed by atoms with E-state index in [-0.39, 0.29) is 5.82 Å². The Morgan fingerprint density at radius 3 is 2.55 bits per heavy atom. The van der Waals surface area contributed by atoms with Crippen molar-refractivity contribution in [2.75, 3.05) is 0 Å². The molecule has 106 valence electrons. The molecule has 0 heterocycles. The van der Waals surface area contributed by atoms with Crippen LogP contribution in [-0.2, 0) is 13.0 Å². The van der Waals surface area contributed by atoms with Gasteiger partial charge in [0, 0.05) is 18.2 Å². The third-order valence-corrected chi connectivity index (χ3v) is 3.63. The summed E-state index contributed by atoms with van der Waals surface area (Å²) in [5.41, 5.74) is 4.48. The largest absolute Gasteiger partial charge is 0.310 e. The summed E-state index contributed by atoms with van der Waals surface area (Å²) in [7, 11) is 0. The lowest BCUT2D eigenvalue weighted by atomic mass is 10.0. The van der Waals surface area contributed by atoms with Crippen LogP contribution >= 0.6 is 0 Å². The van der Waals surface area contributed by atoms with Gasteiger partial charge in [-0.15, -0.1) is 0 Å². The first kappa shape index (κ1) is 14.7. The van der Waals surface area contributed by atoms with Gasteiger partial charge < -0.3 is 5.32 Å². The van der Waals surface area contributed by atoms with Gasteiger partial charge in [-0.1, -0.05) is 42.0 Å². The van der Waals surface area contributed by atoms with Crippen LogP contribution < -0.4 is 5.32 Å². The minimum absolute atomic E-state index is 0.133. The first-order chi connectivity index (χ1) is 9.56. The standard InChI is InChI=1S/C18H22FN/c1-13-8-9-18(19)17(10-13)12-20-15(3)11-16-7-5-4-6-14(16)2/h4-10,15,20H,11-12H2,1-3H3. The molecule has 20 heavy (non-hydrogen) atoms. The van der Waals surface area contributed by atoms with Gasteiger partial charge in [-0.05, 0) is 44.4 Å². The van der Waals surface area contributed by atoms with E-state index in [1.54, 1.807) is 12.1 Å². The zero-order chi connectivity index (χ0) is 14.5. The Morgan fingerprint density at radius 2 is 1.80 bits per heavy atom. The summed E-state index contributed by atoms with van der Waals surface area (Å²) < 4.78 is 13.7. The van der Waals surface area contributed by atoms with E-state index in [0.717, 1.165) is 17.5 Å². The van der Waals surface area contributed by atoms with Crippen LogP contribution in [0.3, 0.4) is 0 Å². The number of rotatable bonds is 5. The maximum atomic E-state index is 13.7. The fourth-order valence-corrected chi connectivity index (χ4v) is 2.36. The first-order valence-electron chi connectivity index (χ1n) is 7.09. The van der Waals surface area contributed by atoms with E-state index in [9.17, 15) is 4.39 Å². The van der Waals surface area contributed by atoms with E-state index in [1.807, 2.05) is 13.0 Å². The van der Waals surface area contributed by atoms with Gasteiger partial charge in [-0.25, -0.2) is 4.39 Å². The van der Waals surface area contributed by atoms with Crippen molar-refractivity contribution < 1.29 is 4.39 Å². The van der Waals surface area contributed by atoms with Crippen LogP contribution in [0.1, 0.15) is 29.2 Å². The van der Waals surface area contributed by atoms with Crippen molar-refractivity contribution in [2.24, 2.45) is 0 Å². The lowest BCUT2D eigenvalue weighted by molar-refractivity contribution is 0.524. The van der Waals surface area contributed by atoms with Gasteiger partial charge in [-0.3, -0.25) is 0 Å². The zero-order valence-electron chi connectivity index (χ0n) is 12.4. The molecule has 0 aliphatic rings. The van der Waals surface area contributed by atoms with Gasteiger partial charge in [0.05, 0.1) is 0 Å². The van der Waals surface area contributed by atoms with Crippen LogP contribution in [-0.4, -0.2) is 6.04 Å². The second kappa shape index (κ2) is 6.67. The van der Waals surface area contributed by atoms with E-state index in [0.29, 0.717) is 12.6 Å². The molecule has 0 aliphatic carbocycles. The topological polar surface area (TPSA) is 12.0 Å². The van der Waals surface area contributed by atoms with Crippen LogP contribution in [0.15, 0.2) is 42.5 Å². The van der Waals surface area contributed by atoms with Gasteiger partial charge >= 0.3 is 0 Å². The fraction of sp³-hybridized carbons (Fsp3) is 0.333. The Morgan fingerprint density at radius 1 is 1.05 bits per heavy atom. The summed E-state index contributed by atoms with van der Waals surface area (Å²) >= 11 is 0. The van der Waals surface area contributed by atoms with Crippen molar-refractivity contribution >= 4 is 0 Å². The third kappa shape index (κ3) is 3.91. The SMILES string of the molecule is Cc1ccc(F)c(CNC(C)Cc2ccccc2C)c1. The number of benzene rings is 2. The normalized spacial score (nSPS) is 12.4. The molecule has 2 aromatic carbocycles. The van der Waals surface area contributed by atoms with E-state index in [1.165, 1.54) is 11.1 Å². The van der Waals surface area contributed by atoms with Gasteiger partial charge in [0.15, 0.2) is 0 Å². The molecule has 0 saturated carbocycles. The summed E-state index contributed by atoms with van der Waals surface area (Å²) in [6.45, 7) is 6.82. The highest BCUT2D eigenvalue weighted by Crippen LogP contribution is 2.12. The molecule has 0 aliphatic heterocycles. The molecule has 1 atom stereocenters. The highest BCUT2D eigenvalue weighted by atomic mass is 19.1. The molecular weight excluding hydrogens is 249 g/mol. The van der Waals surface area contributed by atoms with Crippen LogP contribution in [0, 0.1) is 19.7 Å². The average Bonchev–Trinajstić information content (AvgIpc) is 2.42. The monoisotopic (exact) mass is 271 g/mol. The molecule has 0 amide bonds. The van der Waals surface area contributed by atoms with Crippen LogP contribution in [0.4, 0.5) is 4.39 Å². The second-order valence-corrected chi connectivity index (χ2v) is 5.51. The number of halogens is 1. The molecule has 2 heteroatoms. The maximum absolute atomic E-state index is 13.7. The molecule has 1 N–H and O–H groups in total. The van der Waals surface area contributed by atoms with Gasteiger partial charge in [-0.2, -0.15) is 0 Å². The molecule has 0 radical (unpaired) electrons. The molecule has 2 rings (SSSR count). The number of nitrogens with one attached hydrogen (secondary N) is 1. The Labute approximate surface area is 120 Å². The lowest BCUT2D eigenvalue weighted by Crippen LogP contribution is -2.28. The molecule has 0 fully saturated rings. The van der Waals surface area contributed by atoms with Crippen LogP contribution in [0.2, 0.25) is 0 Å². The lowest BCUT2D eigenvalue weighted by Gasteiger charge is -2.16.